The van der Waals surface area contributed by atoms with Crippen LogP contribution in [0, 0.1) is 13.5 Å². The molecule has 3 rings (SSSR count). The van der Waals surface area contributed by atoms with Crippen LogP contribution in [0.5, 0.6) is 5.75 Å². The van der Waals surface area contributed by atoms with Crippen LogP contribution in [0.3, 0.4) is 0 Å². The highest BCUT2D eigenvalue weighted by molar-refractivity contribution is 6.02. The van der Waals surface area contributed by atoms with Gasteiger partial charge >= 0.3 is 0 Å². The van der Waals surface area contributed by atoms with Gasteiger partial charge in [0.25, 0.3) is 0 Å². The summed E-state index contributed by atoms with van der Waals surface area (Å²) >= 11 is 0. The minimum atomic E-state index is 0.612. The molecule has 1 aromatic heterocycles. The van der Waals surface area contributed by atoms with E-state index in [0.29, 0.717) is 12.2 Å². The Hall–Kier alpha value is -3.26. The van der Waals surface area contributed by atoms with E-state index in [2.05, 4.69) is 15.1 Å². The molecule has 0 fully saturated rings. The average molecular weight is 346 g/mol. The van der Waals surface area contributed by atoms with Crippen LogP contribution in [-0.2, 0) is 6.54 Å². The minimum Gasteiger partial charge on any atom is -0.497 e. The molecule has 0 amide bonds. The van der Waals surface area contributed by atoms with Gasteiger partial charge in [0.15, 0.2) is 5.69 Å². The summed E-state index contributed by atoms with van der Waals surface area (Å²) < 4.78 is 5.21. The number of nitrogens with zero attached hydrogens (tertiary/aromatic N) is 3. The molecule has 0 radical (unpaired) electrons. The molecule has 2 aromatic carbocycles. The van der Waals surface area contributed by atoms with Gasteiger partial charge in [0, 0.05) is 37.9 Å². The number of hydrogen-bond donors (Lipinski definition) is 1. The van der Waals surface area contributed by atoms with E-state index in [0.717, 1.165) is 39.2 Å². The summed E-state index contributed by atoms with van der Waals surface area (Å²) in [4.78, 5) is 10.2. The Morgan fingerprint density at radius 3 is 2.54 bits per heavy atom. The highest BCUT2D eigenvalue weighted by Gasteiger charge is 2.13. The highest BCUT2D eigenvalue weighted by atomic mass is 16.5. The lowest BCUT2D eigenvalue weighted by Gasteiger charge is -2.19. The van der Waals surface area contributed by atoms with Gasteiger partial charge in [0.05, 0.1) is 24.9 Å². The van der Waals surface area contributed by atoms with Crippen LogP contribution in [0.25, 0.3) is 15.7 Å². The van der Waals surface area contributed by atoms with Crippen molar-refractivity contribution in [2.75, 3.05) is 31.4 Å². The van der Waals surface area contributed by atoms with Crippen LogP contribution in [-0.4, -0.2) is 26.2 Å². The maximum atomic E-state index is 7.41. The molecule has 0 atom stereocenters. The van der Waals surface area contributed by atoms with Crippen molar-refractivity contribution in [3.63, 3.8) is 0 Å². The van der Waals surface area contributed by atoms with Gasteiger partial charge in [-0.05, 0) is 42.3 Å². The number of methoxy groups -OCH3 is 1. The van der Waals surface area contributed by atoms with Gasteiger partial charge in [-0.25, -0.2) is 4.85 Å². The number of nitrogens with one attached hydrogen (secondary N) is 1. The first-order valence-corrected chi connectivity index (χ1v) is 8.38. The van der Waals surface area contributed by atoms with Crippen LogP contribution < -0.4 is 15.0 Å². The molecule has 0 aliphatic heterocycles. The lowest BCUT2D eigenvalue weighted by atomic mass is 10.1. The SMILES string of the molecule is [C-]#[N+]c1cc(N(C)C)c2ncc(C)c(NCc3ccc(OC)cc3)c2c1. The molecule has 0 aliphatic rings. The number of anilines is 2. The van der Waals surface area contributed by atoms with Gasteiger partial charge in [0.2, 0.25) is 0 Å². The zero-order valence-corrected chi connectivity index (χ0v) is 15.5. The largest absolute Gasteiger partial charge is 0.497 e. The van der Waals surface area contributed by atoms with E-state index in [1.165, 1.54) is 0 Å². The van der Waals surface area contributed by atoms with Crippen molar-refractivity contribution in [2.24, 2.45) is 0 Å². The van der Waals surface area contributed by atoms with Gasteiger partial charge in [-0.3, -0.25) is 4.98 Å². The monoisotopic (exact) mass is 346 g/mol. The molecule has 0 bridgehead atoms. The smallest absolute Gasteiger partial charge is 0.190 e. The molecule has 3 aromatic rings. The first-order valence-electron chi connectivity index (χ1n) is 8.38. The summed E-state index contributed by atoms with van der Waals surface area (Å²) in [5.41, 5.74) is 5.67. The Balaban J connectivity index is 2.02. The average Bonchev–Trinajstić information content (AvgIpc) is 2.66. The van der Waals surface area contributed by atoms with Crippen molar-refractivity contribution in [3.05, 3.63) is 65.1 Å². The van der Waals surface area contributed by atoms with Crippen LogP contribution in [0.1, 0.15) is 11.1 Å². The fourth-order valence-corrected chi connectivity index (χ4v) is 2.94. The first-order chi connectivity index (χ1) is 12.5. The van der Waals surface area contributed by atoms with Gasteiger partial charge < -0.3 is 15.0 Å². The Bertz CT molecular complexity index is 972. The number of hydrogen-bond acceptors (Lipinski definition) is 4. The highest BCUT2D eigenvalue weighted by Crippen LogP contribution is 2.35. The molecule has 0 saturated carbocycles. The fourth-order valence-electron chi connectivity index (χ4n) is 2.94. The molecule has 5 nitrogen and oxygen atoms in total. The van der Waals surface area contributed by atoms with E-state index < -0.39 is 0 Å². The quantitative estimate of drug-likeness (QED) is 0.675. The van der Waals surface area contributed by atoms with Gasteiger partial charge in [-0.2, -0.15) is 0 Å². The first kappa shape index (κ1) is 17.6. The fraction of sp³-hybridized carbons (Fsp3) is 0.238. The zero-order chi connectivity index (χ0) is 18.7. The second kappa shape index (κ2) is 7.32. The van der Waals surface area contributed by atoms with Crippen molar-refractivity contribution in [1.29, 1.82) is 0 Å². The van der Waals surface area contributed by atoms with E-state index in [-0.39, 0.29) is 0 Å². The number of benzene rings is 2. The summed E-state index contributed by atoms with van der Waals surface area (Å²) in [5.74, 6) is 0.844. The molecule has 26 heavy (non-hydrogen) atoms. The molecular formula is C21H22N4O. The number of rotatable bonds is 5. The maximum absolute atomic E-state index is 7.41. The number of aryl methyl sites for hydroxylation is 1. The zero-order valence-electron chi connectivity index (χ0n) is 15.5. The molecule has 5 heteroatoms. The van der Waals surface area contributed by atoms with Crippen molar-refractivity contribution in [3.8, 4) is 5.75 Å². The molecule has 0 spiro atoms. The topological polar surface area (TPSA) is 41.8 Å². The summed E-state index contributed by atoms with van der Waals surface area (Å²) in [6.45, 7) is 10.1. The van der Waals surface area contributed by atoms with Crippen LogP contribution in [0.15, 0.2) is 42.6 Å². The molecule has 1 heterocycles. The number of aromatic nitrogens is 1. The Kier molecular flexibility index (Phi) is 4.94. The van der Waals surface area contributed by atoms with Gasteiger partial charge in [-0.1, -0.05) is 12.1 Å². The van der Waals surface area contributed by atoms with Crippen molar-refractivity contribution < 1.29 is 4.74 Å². The third-order valence-corrected chi connectivity index (χ3v) is 4.36. The molecule has 132 valence electrons. The number of ether oxygens (including phenoxy) is 1. The van der Waals surface area contributed by atoms with Gasteiger partial charge in [0.1, 0.15) is 5.75 Å². The van der Waals surface area contributed by atoms with Crippen molar-refractivity contribution in [2.45, 2.75) is 13.5 Å². The summed E-state index contributed by atoms with van der Waals surface area (Å²) in [6, 6.07) is 11.8. The third-order valence-electron chi connectivity index (χ3n) is 4.36. The molecule has 0 unspecified atom stereocenters. The van der Waals surface area contributed by atoms with Crippen LogP contribution >= 0.6 is 0 Å². The predicted octanol–water partition coefficient (Wildman–Crippen LogP) is 4.78. The van der Waals surface area contributed by atoms with Crippen molar-refractivity contribution >= 4 is 28.0 Å². The Labute approximate surface area is 154 Å². The van der Waals surface area contributed by atoms with Crippen molar-refractivity contribution in [1.82, 2.24) is 4.98 Å². The molecule has 0 saturated heterocycles. The minimum absolute atomic E-state index is 0.612. The summed E-state index contributed by atoms with van der Waals surface area (Å²) in [7, 11) is 5.60. The lowest BCUT2D eigenvalue weighted by molar-refractivity contribution is 0.414. The number of pyridine rings is 1. The summed E-state index contributed by atoms with van der Waals surface area (Å²) in [6.07, 6.45) is 1.88. The lowest BCUT2D eigenvalue weighted by Crippen LogP contribution is -2.10. The van der Waals surface area contributed by atoms with Crippen LogP contribution in [0.2, 0.25) is 0 Å². The van der Waals surface area contributed by atoms with Crippen LogP contribution in [0.4, 0.5) is 17.1 Å². The second-order valence-electron chi connectivity index (χ2n) is 6.39. The third kappa shape index (κ3) is 3.40. The van der Waals surface area contributed by atoms with E-state index in [4.69, 9.17) is 11.3 Å². The summed E-state index contributed by atoms with van der Waals surface area (Å²) in [5, 5.41) is 4.49. The Morgan fingerprint density at radius 1 is 1.19 bits per heavy atom. The standard InChI is InChI=1S/C21H22N4O/c1-14-12-23-21-18(10-16(22-2)11-19(21)25(3)4)20(14)24-13-15-6-8-17(26-5)9-7-15/h6-12H,13H2,1,3-5H3,(H,23,24). The van der Waals surface area contributed by atoms with E-state index >= 15 is 0 Å². The van der Waals surface area contributed by atoms with E-state index in [1.807, 2.05) is 68.5 Å². The molecule has 1 N–H and O–H groups in total. The maximum Gasteiger partial charge on any atom is 0.190 e. The number of fused-ring (bicyclic) bond motifs is 1. The Morgan fingerprint density at radius 2 is 1.92 bits per heavy atom. The van der Waals surface area contributed by atoms with Gasteiger partial charge in [-0.15, -0.1) is 0 Å². The molecule has 0 aliphatic carbocycles. The van der Waals surface area contributed by atoms with E-state index in [9.17, 15) is 0 Å². The second-order valence-corrected chi connectivity index (χ2v) is 6.39. The predicted molar refractivity (Wildman–Crippen MR) is 107 cm³/mol. The normalized spacial score (nSPS) is 10.4. The molecular weight excluding hydrogens is 324 g/mol. The van der Waals surface area contributed by atoms with E-state index in [1.54, 1.807) is 7.11 Å².